The van der Waals surface area contributed by atoms with E-state index >= 15 is 0 Å². The highest BCUT2D eigenvalue weighted by Crippen LogP contribution is 2.21. The molecule has 0 aliphatic carbocycles. The molecule has 18 heavy (non-hydrogen) atoms. The van der Waals surface area contributed by atoms with E-state index in [4.69, 9.17) is 0 Å². The lowest BCUT2D eigenvalue weighted by Gasteiger charge is -2.16. The molecular weight excluding hydrogens is 222 g/mol. The molecule has 0 radical (unpaired) electrons. The highest BCUT2D eigenvalue weighted by Gasteiger charge is 2.09. The lowest BCUT2D eigenvalue weighted by Crippen LogP contribution is -2.11. The first-order valence-corrected chi connectivity index (χ1v) is 6.45. The smallest absolute Gasteiger partial charge is 0.0653 e. The van der Waals surface area contributed by atoms with Crippen LogP contribution in [0.25, 0.3) is 0 Å². The van der Waals surface area contributed by atoms with E-state index in [0.717, 1.165) is 6.42 Å². The van der Waals surface area contributed by atoms with Crippen molar-refractivity contribution in [3.8, 4) is 0 Å². The number of aryl methyl sites for hydroxylation is 3. The fourth-order valence-corrected chi connectivity index (χ4v) is 2.32. The van der Waals surface area contributed by atoms with Crippen LogP contribution in [0.4, 0.5) is 5.69 Å². The summed E-state index contributed by atoms with van der Waals surface area (Å²) in [5.41, 5.74) is 5.11. The number of nitrogens with one attached hydrogen (secondary N) is 1. The van der Waals surface area contributed by atoms with Crippen molar-refractivity contribution in [2.75, 3.05) is 5.32 Å². The molecule has 1 aromatic heterocycles. The Bertz CT molecular complexity index is 528. The quantitative estimate of drug-likeness (QED) is 0.891. The Labute approximate surface area is 109 Å². The van der Waals surface area contributed by atoms with E-state index < -0.39 is 0 Å². The molecule has 1 N–H and O–H groups in total. The molecule has 1 unspecified atom stereocenters. The summed E-state index contributed by atoms with van der Waals surface area (Å²) in [7, 11) is 1.97. The standard InChI is InChI=1S/C15H21N3/c1-5-13-6-7-14(10-11(13)2)17-12(3)15-8-9-16-18(15)4/h6-10,12,17H,5H2,1-4H3. The zero-order chi connectivity index (χ0) is 13.1. The Morgan fingerprint density at radius 1 is 1.33 bits per heavy atom. The number of nitrogens with zero attached hydrogens (tertiary/aromatic N) is 2. The van der Waals surface area contributed by atoms with Crippen LogP contribution in [0.2, 0.25) is 0 Å². The molecule has 3 heteroatoms. The van der Waals surface area contributed by atoms with Crippen molar-refractivity contribution in [1.82, 2.24) is 9.78 Å². The summed E-state index contributed by atoms with van der Waals surface area (Å²) in [4.78, 5) is 0. The molecule has 0 saturated heterocycles. The largest absolute Gasteiger partial charge is 0.377 e. The average Bonchev–Trinajstić information content (AvgIpc) is 2.76. The van der Waals surface area contributed by atoms with Crippen molar-refractivity contribution >= 4 is 5.69 Å². The maximum absolute atomic E-state index is 4.20. The van der Waals surface area contributed by atoms with Crippen LogP contribution in [0, 0.1) is 6.92 Å². The predicted molar refractivity (Wildman–Crippen MR) is 75.8 cm³/mol. The Morgan fingerprint density at radius 2 is 2.11 bits per heavy atom. The number of benzene rings is 1. The average molecular weight is 243 g/mol. The molecule has 2 aromatic rings. The highest BCUT2D eigenvalue weighted by molar-refractivity contribution is 5.49. The van der Waals surface area contributed by atoms with Crippen molar-refractivity contribution in [3.63, 3.8) is 0 Å². The Kier molecular flexibility index (Phi) is 3.70. The van der Waals surface area contributed by atoms with Gasteiger partial charge in [0.2, 0.25) is 0 Å². The molecular formula is C15H21N3. The zero-order valence-electron chi connectivity index (χ0n) is 11.6. The molecule has 96 valence electrons. The summed E-state index contributed by atoms with van der Waals surface area (Å²) in [6.45, 7) is 6.51. The second-order valence-corrected chi connectivity index (χ2v) is 4.74. The Balaban J connectivity index is 2.15. The van der Waals surface area contributed by atoms with Gasteiger partial charge < -0.3 is 5.32 Å². The van der Waals surface area contributed by atoms with E-state index in [2.05, 4.69) is 49.4 Å². The third kappa shape index (κ3) is 2.55. The van der Waals surface area contributed by atoms with Gasteiger partial charge in [0.1, 0.15) is 0 Å². The summed E-state index contributed by atoms with van der Waals surface area (Å²) >= 11 is 0. The molecule has 0 fully saturated rings. The van der Waals surface area contributed by atoms with Crippen LogP contribution >= 0.6 is 0 Å². The lowest BCUT2D eigenvalue weighted by molar-refractivity contribution is 0.675. The van der Waals surface area contributed by atoms with E-state index in [1.807, 2.05) is 24.0 Å². The zero-order valence-corrected chi connectivity index (χ0v) is 11.6. The van der Waals surface area contributed by atoms with Crippen LogP contribution in [0.3, 0.4) is 0 Å². The van der Waals surface area contributed by atoms with E-state index in [0.29, 0.717) is 0 Å². The van der Waals surface area contributed by atoms with Crippen LogP contribution in [-0.4, -0.2) is 9.78 Å². The second-order valence-electron chi connectivity index (χ2n) is 4.74. The van der Waals surface area contributed by atoms with Gasteiger partial charge in [-0.1, -0.05) is 13.0 Å². The molecule has 2 rings (SSSR count). The van der Waals surface area contributed by atoms with Crippen molar-refractivity contribution in [2.45, 2.75) is 33.2 Å². The molecule has 0 saturated carbocycles. The van der Waals surface area contributed by atoms with E-state index in [9.17, 15) is 0 Å². The topological polar surface area (TPSA) is 29.9 Å². The summed E-state index contributed by atoms with van der Waals surface area (Å²) in [5.74, 6) is 0. The van der Waals surface area contributed by atoms with Gasteiger partial charge in [0.25, 0.3) is 0 Å². The minimum absolute atomic E-state index is 0.254. The minimum atomic E-state index is 0.254. The van der Waals surface area contributed by atoms with Gasteiger partial charge in [-0.2, -0.15) is 5.10 Å². The highest BCUT2D eigenvalue weighted by atomic mass is 15.3. The Morgan fingerprint density at radius 3 is 2.67 bits per heavy atom. The maximum atomic E-state index is 4.20. The fraction of sp³-hybridized carbons (Fsp3) is 0.400. The number of aromatic nitrogens is 2. The third-order valence-corrected chi connectivity index (χ3v) is 3.41. The summed E-state index contributed by atoms with van der Waals surface area (Å²) in [6.07, 6.45) is 2.92. The van der Waals surface area contributed by atoms with Crippen molar-refractivity contribution in [1.29, 1.82) is 0 Å². The monoisotopic (exact) mass is 243 g/mol. The number of rotatable bonds is 4. The van der Waals surface area contributed by atoms with Crippen LogP contribution in [0.5, 0.6) is 0 Å². The fourth-order valence-electron chi connectivity index (χ4n) is 2.32. The molecule has 1 aromatic carbocycles. The van der Waals surface area contributed by atoms with Gasteiger partial charge in [-0.3, -0.25) is 4.68 Å². The van der Waals surface area contributed by atoms with Gasteiger partial charge in [0, 0.05) is 18.9 Å². The van der Waals surface area contributed by atoms with Gasteiger partial charge >= 0.3 is 0 Å². The molecule has 1 atom stereocenters. The number of hydrogen-bond donors (Lipinski definition) is 1. The lowest BCUT2D eigenvalue weighted by atomic mass is 10.1. The summed E-state index contributed by atoms with van der Waals surface area (Å²) in [5, 5.41) is 7.72. The molecule has 3 nitrogen and oxygen atoms in total. The van der Waals surface area contributed by atoms with Crippen LogP contribution in [-0.2, 0) is 13.5 Å². The van der Waals surface area contributed by atoms with Gasteiger partial charge in [-0.15, -0.1) is 0 Å². The SMILES string of the molecule is CCc1ccc(NC(C)c2ccnn2C)cc1C. The molecule has 0 aliphatic rings. The summed E-state index contributed by atoms with van der Waals surface area (Å²) < 4.78 is 1.91. The van der Waals surface area contributed by atoms with Gasteiger partial charge in [0.05, 0.1) is 11.7 Å². The van der Waals surface area contributed by atoms with Gasteiger partial charge in [-0.05, 0) is 49.6 Å². The van der Waals surface area contributed by atoms with Gasteiger partial charge in [-0.25, -0.2) is 0 Å². The van der Waals surface area contributed by atoms with E-state index in [1.54, 1.807) is 0 Å². The van der Waals surface area contributed by atoms with Crippen molar-refractivity contribution in [2.24, 2.45) is 7.05 Å². The number of hydrogen-bond acceptors (Lipinski definition) is 2. The first-order chi connectivity index (χ1) is 8.61. The maximum Gasteiger partial charge on any atom is 0.0653 e. The van der Waals surface area contributed by atoms with Crippen molar-refractivity contribution in [3.05, 3.63) is 47.3 Å². The van der Waals surface area contributed by atoms with Crippen molar-refractivity contribution < 1.29 is 0 Å². The van der Waals surface area contributed by atoms with Crippen LogP contribution < -0.4 is 5.32 Å². The summed E-state index contributed by atoms with van der Waals surface area (Å²) in [6, 6.07) is 8.87. The predicted octanol–water partition coefficient (Wildman–Crippen LogP) is 3.46. The van der Waals surface area contributed by atoms with E-state index in [-0.39, 0.29) is 6.04 Å². The number of anilines is 1. The first-order valence-electron chi connectivity index (χ1n) is 6.45. The van der Waals surface area contributed by atoms with Crippen LogP contribution in [0.1, 0.15) is 36.7 Å². The molecule has 0 aliphatic heterocycles. The molecule has 1 heterocycles. The van der Waals surface area contributed by atoms with E-state index in [1.165, 1.54) is 22.5 Å². The first kappa shape index (κ1) is 12.7. The normalized spacial score (nSPS) is 12.4. The second kappa shape index (κ2) is 5.25. The molecule has 0 amide bonds. The molecule has 0 bridgehead atoms. The molecule has 0 spiro atoms. The third-order valence-electron chi connectivity index (χ3n) is 3.41. The van der Waals surface area contributed by atoms with Crippen LogP contribution in [0.15, 0.2) is 30.5 Å². The Hall–Kier alpha value is -1.77. The minimum Gasteiger partial charge on any atom is -0.377 e. The van der Waals surface area contributed by atoms with Gasteiger partial charge in [0.15, 0.2) is 0 Å².